The number of methoxy groups -OCH3 is 2. The van der Waals surface area contributed by atoms with Crippen LogP contribution in [0.3, 0.4) is 0 Å². The van der Waals surface area contributed by atoms with Gasteiger partial charge in [-0.2, -0.15) is 0 Å². The molecule has 0 fully saturated rings. The highest BCUT2D eigenvalue weighted by Crippen LogP contribution is 2.28. The predicted octanol–water partition coefficient (Wildman–Crippen LogP) is 3.70. The zero-order valence-corrected chi connectivity index (χ0v) is 17.6. The van der Waals surface area contributed by atoms with Crippen LogP contribution < -0.4 is 10.1 Å². The van der Waals surface area contributed by atoms with Gasteiger partial charge in [0.25, 0.3) is 0 Å². The minimum absolute atomic E-state index is 0.105. The van der Waals surface area contributed by atoms with Crippen molar-refractivity contribution >= 4 is 34.1 Å². The van der Waals surface area contributed by atoms with E-state index in [0.29, 0.717) is 18.3 Å². The van der Waals surface area contributed by atoms with E-state index in [1.165, 1.54) is 23.1 Å². The van der Waals surface area contributed by atoms with E-state index in [9.17, 15) is 4.79 Å². The van der Waals surface area contributed by atoms with Crippen LogP contribution in [0.1, 0.15) is 5.69 Å². The fourth-order valence-electron chi connectivity index (χ4n) is 2.56. The zero-order chi connectivity index (χ0) is 19.9. The fourth-order valence-corrected chi connectivity index (χ4v) is 4.07. The van der Waals surface area contributed by atoms with Crippen LogP contribution in [-0.2, 0) is 16.1 Å². The van der Waals surface area contributed by atoms with Crippen molar-refractivity contribution < 1.29 is 14.3 Å². The minimum atomic E-state index is -0.105. The van der Waals surface area contributed by atoms with E-state index in [1.54, 1.807) is 14.2 Å². The molecule has 0 bridgehead atoms. The second-order valence-electron chi connectivity index (χ2n) is 5.93. The lowest BCUT2D eigenvalue weighted by molar-refractivity contribution is -0.113. The maximum atomic E-state index is 12.2. The van der Waals surface area contributed by atoms with Gasteiger partial charge < -0.3 is 19.4 Å². The average Bonchev–Trinajstić information content (AvgIpc) is 3.30. The summed E-state index contributed by atoms with van der Waals surface area (Å²) in [4.78, 5) is 21.0. The molecule has 3 aromatic rings. The van der Waals surface area contributed by atoms with Gasteiger partial charge in [0.05, 0.1) is 37.1 Å². The van der Waals surface area contributed by atoms with E-state index in [4.69, 9.17) is 9.47 Å². The molecule has 148 valence electrons. The van der Waals surface area contributed by atoms with Gasteiger partial charge in [0.1, 0.15) is 5.75 Å². The van der Waals surface area contributed by atoms with E-state index >= 15 is 0 Å². The number of anilines is 1. The summed E-state index contributed by atoms with van der Waals surface area (Å²) in [6.07, 6.45) is 1.82. The van der Waals surface area contributed by atoms with Gasteiger partial charge in [-0.25, -0.2) is 9.97 Å². The van der Waals surface area contributed by atoms with Crippen LogP contribution in [-0.4, -0.2) is 47.0 Å². The largest absolute Gasteiger partial charge is 0.497 e. The number of thiazole rings is 1. The van der Waals surface area contributed by atoms with Gasteiger partial charge in [-0.15, -0.1) is 11.3 Å². The van der Waals surface area contributed by atoms with Gasteiger partial charge in [-0.05, 0) is 31.2 Å². The Hall–Kier alpha value is -2.36. The summed E-state index contributed by atoms with van der Waals surface area (Å²) in [7, 11) is 3.31. The van der Waals surface area contributed by atoms with Crippen molar-refractivity contribution in [1.82, 2.24) is 14.5 Å². The Balaban J connectivity index is 1.72. The Kier molecular flexibility index (Phi) is 7.07. The molecule has 0 atom stereocenters. The zero-order valence-electron chi connectivity index (χ0n) is 16.0. The van der Waals surface area contributed by atoms with Crippen LogP contribution in [0.5, 0.6) is 5.75 Å². The first-order chi connectivity index (χ1) is 13.6. The molecular formula is C19H22N4O3S2. The van der Waals surface area contributed by atoms with Crippen molar-refractivity contribution in [2.24, 2.45) is 0 Å². The average molecular weight is 419 g/mol. The minimum Gasteiger partial charge on any atom is -0.497 e. The lowest BCUT2D eigenvalue weighted by atomic mass is 10.1. The number of benzene rings is 1. The van der Waals surface area contributed by atoms with E-state index in [1.807, 2.05) is 42.8 Å². The van der Waals surface area contributed by atoms with Crippen molar-refractivity contribution in [3.63, 3.8) is 0 Å². The van der Waals surface area contributed by atoms with Crippen LogP contribution in [0.25, 0.3) is 11.3 Å². The standard InChI is InChI=1S/C19H22N4O3S2/c1-13-11-27-18(21-13)22-17(24)12-28-19-20-10-16(23(19)8-9-25-2)14-4-6-15(26-3)7-5-14/h4-7,10-11H,8-9,12H2,1-3H3,(H,21,22,24). The number of amides is 1. The molecule has 9 heteroatoms. The second-order valence-corrected chi connectivity index (χ2v) is 7.73. The Labute approximate surface area is 172 Å². The number of ether oxygens (including phenoxy) is 2. The highest BCUT2D eigenvalue weighted by atomic mass is 32.2. The van der Waals surface area contributed by atoms with Crippen LogP contribution in [0.4, 0.5) is 5.13 Å². The summed E-state index contributed by atoms with van der Waals surface area (Å²) < 4.78 is 12.5. The molecule has 0 saturated carbocycles. The number of imidazole rings is 1. The summed E-state index contributed by atoms with van der Waals surface area (Å²) in [5.41, 5.74) is 2.89. The quantitative estimate of drug-likeness (QED) is 0.534. The van der Waals surface area contributed by atoms with Gasteiger partial charge in [-0.1, -0.05) is 11.8 Å². The van der Waals surface area contributed by atoms with Crippen molar-refractivity contribution in [2.75, 3.05) is 31.9 Å². The van der Waals surface area contributed by atoms with Crippen LogP contribution in [0.15, 0.2) is 41.0 Å². The third-order valence-electron chi connectivity index (χ3n) is 3.92. The number of nitrogens with zero attached hydrogens (tertiary/aromatic N) is 3. The molecular weight excluding hydrogens is 396 g/mol. The van der Waals surface area contributed by atoms with Gasteiger partial charge in [-0.3, -0.25) is 4.79 Å². The topological polar surface area (TPSA) is 78.3 Å². The molecule has 2 aromatic heterocycles. The Bertz CT molecular complexity index is 922. The third-order valence-corrected chi connectivity index (χ3v) is 5.79. The Morgan fingerprint density at radius 2 is 2.07 bits per heavy atom. The van der Waals surface area contributed by atoms with Crippen LogP contribution >= 0.6 is 23.1 Å². The summed E-state index contributed by atoms with van der Waals surface area (Å²) in [6.45, 7) is 3.10. The monoisotopic (exact) mass is 418 g/mol. The van der Waals surface area contributed by atoms with E-state index in [2.05, 4.69) is 19.9 Å². The molecule has 0 unspecified atom stereocenters. The lowest BCUT2D eigenvalue weighted by Gasteiger charge is -2.12. The normalized spacial score (nSPS) is 10.8. The highest BCUT2D eigenvalue weighted by molar-refractivity contribution is 7.99. The maximum Gasteiger partial charge on any atom is 0.236 e. The van der Waals surface area contributed by atoms with E-state index in [-0.39, 0.29) is 11.7 Å². The van der Waals surface area contributed by atoms with Crippen molar-refractivity contribution in [3.05, 3.63) is 41.5 Å². The van der Waals surface area contributed by atoms with E-state index < -0.39 is 0 Å². The molecule has 1 N–H and O–H groups in total. The molecule has 0 aliphatic heterocycles. The second kappa shape index (κ2) is 9.72. The first-order valence-corrected chi connectivity index (χ1v) is 10.5. The van der Waals surface area contributed by atoms with Crippen LogP contribution in [0, 0.1) is 6.92 Å². The van der Waals surface area contributed by atoms with Crippen molar-refractivity contribution in [3.8, 4) is 17.0 Å². The molecule has 0 spiro atoms. The molecule has 0 aliphatic carbocycles. The fraction of sp³-hybridized carbons (Fsp3) is 0.316. The summed E-state index contributed by atoms with van der Waals surface area (Å²) in [6, 6.07) is 7.81. The maximum absolute atomic E-state index is 12.2. The molecule has 3 rings (SSSR count). The molecule has 2 heterocycles. The highest BCUT2D eigenvalue weighted by Gasteiger charge is 2.14. The SMILES string of the molecule is COCCn1c(-c2ccc(OC)cc2)cnc1SCC(=O)Nc1nc(C)cs1. The third kappa shape index (κ3) is 5.12. The Morgan fingerprint density at radius 3 is 2.71 bits per heavy atom. The van der Waals surface area contributed by atoms with Crippen LogP contribution in [0.2, 0.25) is 0 Å². The number of nitrogens with one attached hydrogen (secondary N) is 1. The van der Waals surface area contributed by atoms with Gasteiger partial charge in [0.15, 0.2) is 10.3 Å². The molecule has 0 aliphatic rings. The van der Waals surface area contributed by atoms with Gasteiger partial charge in [0, 0.05) is 24.6 Å². The summed E-state index contributed by atoms with van der Waals surface area (Å²) >= 11 is 2.81. The van der Waals surface area contributed by atoms with Crippen molar-refractivity contribution in [2.45, 2.75) is 18.6 Å². The number of rotatable bonds is 9. The summed E-state index contributed by atoms with van der Waals surface area (Å²) in [5.74, 6) is 0.951. The number of hydrogen-bond donors (Lipinski definition) is 1. The number of carbonyl (C=O) groups is 1. The first-order valence-electron chi connectivity index (χ1n) is 8.64. The van der Waals surface area contributed by atoms with E-state index in [0.717, 1.165) is 27.9 Å². The number of thioether (sulfide) groups is 1. The molecule has 1 aromatic carbocycles. The number of aryl methyl sites for hydroxylation is 1. The number of aromatic nitrogens is 3. The number of hydrogen-bond acceptors (Lipinski definition) is 7. The molecule has 7 nitrogen and oxygen atoms in total. The van der Waals surface area contributed by atoms with Gasteiger partial charge >= 0.3 is 0 Å². The lowest BCUT2D eigenvalue weighted by Crippen LogP contribution is -2.15. The van der Waals surface area contributed by atoms with Crippen molar-refractivity contribution in [1.29, 1.82) is 0 Å². The Morgan fingerprint density at radius 1 is 1.29 bits per heavy atom. The molecule has 1 amide bonds. The smallest absolute Gasteiger partial charge is 0.236 e. The molecule has 0 radical (unpaired) electrons. The van der Waals surface area contributed by atoms with Gasteiger partial charge in [0.2, 0.25) is 5.91 Å². The molecule has 0 saturated heterocycles. The number of carbonyl (C=O) groups excluding carboxylic acids is 1. The summed E-state index contributed by atoms with van der Waals surface area (Å²) in [5, 5.41) is 6.11. The first kappa shape index (κ1) is 20.4. The predicted molar refractivity (Wildman–Crippen MR) is 112 cm³/mol. The molecule has 28 heavy (non-hydrogen) atoms.